The maximum Gasteiger partial charge on any atom is 0.573 e. The molecule has 0 aromatic heterocycles. The van der Waals surface area contributed by atoms with Crippen molar-refractivity contribution in [3.05, 3.63) is 53.3 Å². The lowest BCUT2D eigenvalue weighted by Gasteiger charge is -2.35. The number of ether oxygens (including phenoxy) is 3. The number of carboxylic acids is 1. The Balaban J connectivity index is 1.58. The first-order valence-corrected chi connectivity index (χ1v) is 10.2. The molecule has 2 aromatic carbocycles. The van der Waals surface area contributed by atoms with Gasteiger partial charge >= 0.3 is 12.3 Å². The monoisotopic (exact) mass is 472 g/mol. The summed E-state index contributed by atoms with van der Waals surface area (Å²) in [7, 11) is 1.40. The fourth-order valence-corrected chi connectivity index (χ4v) is 3.51. The molecule has 11 heteroatoms. The van der Waals surface area contributed by atoms with E-state index in [0.29, 0.717) is 44.9 Å². The average Bonchev–Trinajstić information content (AvgIpc) is 2.76. The van der Waals surface area contributed by atoms with E-state index in [0.717, 1.165) is 17.7 Å². The lowest BCUT2D eigenvalue weighted by molar-refractivity contribution is -0.274. The highest BCUT2D eigenvalue weighted by atomic mass is 19.4. The molecular formula is C22H24F4N2O5. The quantitative estimate of drug-likeness (QED) is 0.427. The van der Waals surface area contributed by atoms with Crippen LogP contribution in [0.15, 0.2) is 36.4 Å². The number of alkyl halides is 3. The number of benzene rings is 2. The summed E-state index contributed by atoms with van der Waals surface area (Å²) in [4.78, 5) is 13.1. The van der Waals surface area contributed by atoms with Gasteiger partial charge in [0.05, 0.1) is 25.4 Å². The van der Waals surface area contributed by atoms with Gasteiger partial charge in [0.25, 0.3) is 0 Å². The zero-order valence-corrected chi connectivity index (χ0v) is 17.8. The third-order valence-electron chi connectivity index (χ3n) is 5.05. The number of methoxy groups -OCH3 is 1. The molecule has 7 nitrogen and oxygen atoms in total. The van der Waals surface area contributed by atoms with E-state index in [1.807, 2.05) is 0 Å². The molecule has 1 heterocycles. The predicted octanol–water partition coefficient (Wildman–Crippen LogP) is 3.47. The average molecular weight is 472 g/mol. The van der Waals surface area contributed by atoms with Crippen LogP contribution in [0.5, 0.6) is 11.5 Å². The lowest BCUT2D eigenvalue weighted by atomic mass is 10.1. The van der Waals surface area contributed by atoms with Crippen molar-refractivity contribution in [3.8, 4) is 11.5 Å². The molecule has 0 unspecified atom stereocenters. The molecular weight excluding hydrogens is 448 g/mol. The summed E-state index contributed by atoms with van der Waals surface area (Å²) in [5, 5.41) is 12.5. The minimum Gasteiger partial charge on any atom is -0.494 e. The van der Waals surface area contributed by atoms with Crippen molar-refractivity contribution in [2.45, 2.75) is 18.9 Å². The summed E-state index contributed by atoms with van der Waals surface area (Å²) < 4.78 is 66.0. The van der Waals surface area contributed by atoms with Crippen molar-refractivity contribution < 1.29 is 41.7 Å². The van der Waals surface area contributed by atoms with Crippen molar-refractivity contribution in [2.24, 2.45) is 0 Å². The molecule has 1 fully saturated rings. The van der Waals surface area contributed by atoms with Gasteiger partial charge in [0, 0.05) is 31.4 Å². The van der Waals surface area contributed by atoms with E-state index in [1.165, 1.54) is 19.2 Å². The summed E-state index contributed by atoms with van der Waals surface area (Å²) in [6.45, 7) is 2.13. The number of nitrogens with one attached hydrogen (secondary N) is 1. The third kappa shape index (κ3) is 7.22. The Hall–Kier alpha value is -3.05. The lowest BCUT2D eigenvalue weighted by Crippen LogP contribution is -2.47. The molecule has 1 saturated heterocycles. The molecule has 3 rings (SSSR count). The normalized spacial score (nSPS) is 16.5. The molecule has 2 aromatic rings. The second kappa shape index (κ2) is 10.7. The summed E-state index contributed by atoms with van der Waals surface area (Å²) in [6, 6.07) is 7.96. The molecule has 33 heavy (non-hydrogen) atoms. The minimum atomic E-state index is -4.93. The van der Waals surface area contributed by atoms with Crippen molar-refractivity contribution in [1.29, 1.82) is 0 Å². The zero-order valence-electron chi connectivity index (χ0n) is 17.8. The second-order valence-corrected chi connectivity index (χ2v) is 7.43. The van der Waals surface area contributed by atoms with Gasteiger partial charge in [-0.3, -0.25) is 0 Å². The Kier molecular flexibility index (Phi) is 7.98. The molecule has 2 N–H and O–H groups in total. The van der Waals surface area contributed by atoms with E-state index in [9.17, 15) is 27.5 Å². The number of hydrogen-bond acceptors (Lipinski definition) is 6. The van der Waals surface area contributed by atoms with Crippen LogP contribution in [0.2, 0.25) is 0 Å². The summed E-state index contributed by atoms with van der Waals surface area (Å²) >= 11 is 0. The van der Waals surface area contributed by atoms with E-state index in [2.05, 4.69) is 10.1 Å². The smallest absolute Gasteiger partial charge is 0.494 e. The second-order valence-electron chi connectivity index (χ2n) is 7.43. The number of nitrogens with zero attached hydrogens (tertiary/aromatic N) is 1. The Morgan fingerprint density at radius 2 is 2.06 bits per heavy atom. The number of hydrogen-bond donors (Lipinski definition) is 2. The van der Waals surface area contributed by atoms with Crippen LogP contribution in [-0.4, -0.2) is 63.4 Å². The summed E-state index contributed by atoms with van der Waals surface area (Å²) in [6.07, 6.45) is -4.56. The van der Waals surface area contributed by atoms with Gasteiger partial charge in [0.2, 0.25) is 0 Å². The number of rotatable bonds is 9. The molecule has 0 bridgehead atoms. The fourth-order valence-electron chi connectivity index (χ4n) is 3.51. The molecule has 0 saturated carbocycles. The Morgan fingerprint density at radius 1 is 1.27 bits per heavy atom. The first kappa shape index (κ1) is 24.6. The highest BCUT2D eigenvalue weighted by molar-refractivity contribution is 5.89. The third-order valence-corrected chi connectivity index (χ3v) is 5.05. The van der Waals surface area contributed by atoms with Crippen LogP contribution in [0, 0.1) is 5.82 Å². The molecule has 1 atom stereocenters. The van der Waals surface area contributed by atoms with Gasteiger partial charge in [-0.1, -0.05) is 6.07 Å². The first-order valence-electron chi connectivity index (χ1n) is 10.2. The topological polar surface area (TPSA) is 80.3 Å². The Bertz CT molecular complexity index is 970. The van der Waals surface area contributed by atoms with Crippen molar-refractivity contribution >= 4 is 11.7 Å². The Morgan fingerprint density at radius 3 is 2.76 bits per heavy atom. The number of anilines is 1. The van der Waals surface area contributed by atoms with Gasteiger partial charge in [-0.2, -0.15) is 0 Å². The first-order chi connectivity index (χ1) is 15.6. The van der Waals surface area contributed by atoms with E-state index in [1.54, 1.807) is 17.0 Å². The maximum absolute atomic E-state index is 13.5. The number of carboxylic acid groups (broad SMARTS) is 1. The Labute approximate surface area is 187 Å². The van der Waals surface area contributed by atoms with Crippen molar-refractivity contribution in [1.82, 2.24) is 5.32 Å². The van der Waals surface area contributed by atoms with Gasteiger partial charge in [-0.05, 0) is 42.8 Å². The summed E-state index contributed by atoms with van der Waals surface area (Å²) in [5.74, 6) is -2.20. The largest absolute Gasteiger partial charge is 0.573 e. The van der Waals surface area contributed by atoms with Crippen LogP contribution < -0.4 is 19.7 Å². The maximum atomic E-state index is 13.5. The minimum absolute atomic E-state index is 0.177. The van der Waals surface area contributed by atoms with Crippen LogP contribution in [0.4, 0.5) is 23.2 Å². The molecule has 0 amide bonds. The molecule has 0 radical (unpaired) electrons. The van der Waals surface area contributed by atoms with Crippen LogP contribution in [0.1, 0.15) is 15.9 Å². The predicted molar refractivity (Wildman–Crippen MR) is 112 cm³/mol. The van der Waals surface area contributed by atoms with E-state index < -0.39 is 23.9 Å². The van der Waals surface area contributed by atoms with Gasteiger partial charge < -0.3 is 29.5 Å². The fraction of sp³-hybridized carbons (Fsp3) is 0.409. The van der Waals surface area contributed by atoms with Crippen molar-refractivity contribution in [3.63, 3.8) is 0 Å². The molecule has 1 aliphatic heterocycles. The van der Waals surface area contributed by atoms with Crippen molar-refractivity contribution in [2.75, 3.05) is 44.8 Å². The van der Waals surface area contributed by atoms with E-state index in [4.69, 9.17) is 9.47 Å². The standard InChI is InChI=1S/C22H24F4N2O5/c1-31-20-8-14(2-3-19(20)23)4-5-27-12-18-13-28(6-7-32-18)16-9-15(21(29)30)10-17(11-16)33-22(24,25)26/h2-3,8-11,18,27H,4-7,12-13H2,1H3,(H,29,30)/t18-/m1/s1. The van der Waals surface area contributed by atoms with Gasteiger partial charge in [-0.25, -0.2) is 9.18 Å². The number of carbonyl (C=O) groups is 1. The highest BCUT2D eigenvalue weighted by Crippen LogP contribution is 2.30. The van der Waals surface area contributed by atoms with E-state index >= 15 is 0 Å². The van der Waals surface area contributed by atoms with Crippen LogP contribution in [-0.2, 0) is 11.2 Å². The van der Waals surface area contributed by atoms with Gasteiger partial charge in [0.15, 0.2) is 11.6 Å². The molecule has 0 aliphatic carbocycles. The van der Waals surface area contributed by atoms with Crippen LogP contribution in [0.25, 0.3) is 0 Å². The highest BCUT2D eigenvalue weighted by Gasteiger charge is 2.32. The molecule has 180 valence electrons. The molecule has 1 aliphatic rings. The van der Waals surface area contributed by atoms with Crippen LogP contribution >= 0.6 is 0 Å². The SMILES string of the molecule is COc1cc(CCNC[C@@H]2CN(c3cc(OC(F)(F)F)cc(C(=O)O)c3)CCO2)ccc1F. The number of halogens is 4. The molecule has 0 spiro atoms. The summed E-state index contributed by atoms with van der Waals surface area (Å²) in [5.41, 5.74) is 0.901. The number of morpholine rings is 1. The number of aromatic carboxylic acids is 1. The van der Waals surface area contributed by atoms with Gasteiger partial charge in [-0.15, -0.1) is 13.2 Å². The van der Waals surface area contributed by atoms with E-state index in [-0.39, 0.29) is 17.4 Å². The van der Waals surface area contributed by atoms with Gasteiger partial charge in [0.1, 0.15) is 5.75 Å². The zero-order chi connectivity index (χ0) is 24.0. The van der Waals surface area contributed by atoms with Crippen LogP contribution in [0.3, 0.4) is 0 Å².